The molecule has 0 saturated heterocycles. The van der Waals surface area contributed by atoms with Crippen LogP contribution in [0.4, 0.5) is 0 Å². The van der Waals surface area contributed by atoms with Gasteiger partial charge in [0.25, 0.3) is 0 Å². The van der Waals surface area contributed by atoms with Gasteiger partial charge in [0.2, 0.25) is 5.91 Å². The molecule has 0 radical (unpaired) electrons. The quantitative estimate of drug-likeness (QED) is 0.858. The molecule has 4 bridgehead atoms. The maximum atomic E-state index is 13.2. The summed E-state index contributed by atoms with van der Waals surface area (Å²) < 4.78 is 0. The zero-order chi connectivity index (χ0) is 13.7. The number of aliphatic hydroxyl groups excluding tert-OH is 1. The van der Waals surface area contributed by atoms with Crippen molar-refractivity contribution in [3.63, 3.8) is 0 Å². The van der Waals surface area contributed by atoms with Crippen LogP contribution < -0.4 is 0 Å². The maximum Gasteiger partial charge on any atom is 0.229 e. The molecule has 20 heavy (non-hydrogen) atoms. The number of hydrogen-bond acceptors (Lipinski definition) is 2. The summed E-state index contributed by atoms with van der Waals surface area (Å²) in [7, 11) is 0. The van der Waals surface area contributed by atoms with E-state index in [0.29, 0.717) is 18.5 Å². The second kappa shape index (κ2) is 4.72. The van der Waals surface area contributed by atoms with E-state index < -0.39 is 0 Å². The SMILES string of the molecule is O=C(N(CCO)C1CCC1)C12CC3CC(CC(C3)C1)C2. The second-order valence-electron chi connectivity index (χ2n) is 8.00. The lowest BCUT2D eigenvalue weighted by Gasteiger charge is -2.57. The molecule has 112 valence electrons. The van der Waals surface area contributed by atoms with E-state index in [9.17, 15) is 9.90 Å². The highest BCUT2D eigenvalue weighted by Gasteiger charge is 2.56. The Morgan fingerprint density at radius 1 is 1.05 bits per heavy atom. The van der Waals surface area contributed by atoms with E-state index >= 15 is 0 Å². The zero-order valence-corrected chi connectivity index (χ0v) is 12.4. The minimum absolute atomic E-state index is 0.0283. The van der Waals surface area contributed by atoms with Gasteiger partial charge in [-0.15, -0.1) is 0 Å². The number of aliphatic hydroxyl groups is 1. The van der Waals surface area contributed by atoms with Gasteiger partial charge in [0.05, 0.1) is 12.0 Å². The lowest BCUT2D eigenvalue weighted by molar-refractivity contribution is -0.162. The highest BCUT2D eigenvalue weighted by atomic mass is 16.3. The van der Waals surface area contributed by atoms with Crippen LogP contribution in [0.25, 0.3) is 0 Å². The van der Waals surface area contributed by atoms with Gasteiger partial charge >= 0.3 is 0 Å². The molecule has 0 unspecified atom stereocenters. The fourth-order valence-electron chi connectivity index (χ4n) is 5.93. The second-order valence-corrected chi connectivity index (χ2v) is 8.00. The fraction of sp³-hybridized carbons (Fsp3) is 0.941. The third-order valence-corrected chi connectivity index (χ3v) is 6.61. The van der Waals surface area contributed by atoms with Crippen LogP contribution in [0.2, 0.25) is 0 Å². The van der Waals surface area contributed by atoms with E-state index in [2.05, 4.69) is 4.90 Å². The molecule has 5 aliphatic rings. The minimum Gasteiger partial charge on any atom is -0.395 e. The Kier molecular flexibility index (Phi) is 3.10. The predicted molar refractivity (Wildman–Crippen MR) is 77.0 cm³/mol. The summed E-state index contributed by atoms with van der Waals surface area (Å²) in [4.78, 5) is 15.3. The highest BCUT2D eigenvalue weighted by molar-refractivity contribution is 5.83. The molecule has 3 heteroatoms. The predicted octanol–water partition coefficient (Wildman–Crippen LogP) is 2.58. The Hall–Kier alpha value is -0.570. The summed E-state index contributed by atoms with van der Waals surface area (Å²) in [6, 6.07) is 0.433. The first-order valence-electron chi connectivity index (χ1n) is 8.62. The van der Waals surface area contributed by atoms with Crippen molar-refractivity contribution in [2.24, 2.45) is 23.2 Å². The fourth-order valence-corrected chi connectivity index (χ4v) is 5.93. The molecule has 3 nitrogen and oxygen atoms in total. The van der Waals surface area contributed by atoms with E-state index in [1.807, 2.05) is 0 Å². The first-order valence-corrected chi connectivity index (χ1v) is 8.62. The van der Waals surface area contributed by atoms with Gasteiger partial charge in [-0.05, 0) is 75.5 Å². The Morgan fingerprint density at radius 2 is 1.60 bits per heavy atom. The topological polar surface area (TPSA) is 40.5 Å². The molecule has 0 spiro atoms. The van der Waals surface area contributed by atoms with Crippen molar-refractivity contribution in [1.29, 1.82) is 0 Å². The average Bonchev–Trinajstić information content (AvgIpc) is 2.33. The Bertz CT molecular complexity index is 367. The summed E-state index contributed by atoms with van der Waals surface area (Å²) in [6.45, 7) is 0.680. The first kappa shape index (κ1) is 13.1. The lowest BCUT2D eigenvalue weighted by atomic mass is 9.49. The molecule has 0 aromatic rings. The van der Waals surface area contributed by atoms with E-state index in [-0.39, 0.29) is 12.0 Å². The molecule has 5 rings (SSSR count). The molecule has 0 atom stereocenters. The van der Waals surface area contributed by atoms with Crippen molar-refractivity contribution in [2.45, 2.75) is 63.8 Å². The third kappa shape index (κ3) is 1.93. The first-order chi connectivity index (χ1) is 9.70. The van der Waals surface area contributed by atoms with Crippen molar-refractivity contribution in [3.8, 4) is 0 Å². The normalized spacial score (nSPS) is 42.5. The van der Waals surface area contributed by atoms with Gasteiger partial charge in [0.1, 0.15) is 0 Å². The molecule has 1 amide bonds. The van der Waals surface area contributed by atoms with Gasteiger partial charge in [0, 0.05) is 12.6 Å². The summed E-state index contributed by atoms with van der Waals surface area (Å²) in [5.41, 5.74) is -0.0283. The van der Waals surface area contributed by atoms with Crippen molar-refractivity contribution in [3.05, 3.63) is 0 Å². The smallest absolute Gasteiger partial charge is 0.229 e. The molecular formula is C17H27NO2. The van der Waals surface area contributed by atoms with Crippen molar-refractivity contribution in [1.82, 2.24) is 4.90 Å². The zero-order valence-electron chi connectivity index (χ0n) is 12.4. The van der Waals surface area contributed by atoms with E-state index in [0.717, 1.165) is 49.9 Å². The minimum atomic E-state index is -0.0283. The van der Waals surface area contributed by atoms with Crippen LogP contribution in [-0.2, 0) is 4.79 Å². The molecule has 0 aromatic heterocycles. The average molecular weight is 277 g/mol. The maximum absolute atomic E-state index is 13.2. The van der Waals surface area contributed by atoms with Gasteiger partial charge in [-0.25, -0.2) is 0 Å². The van der Waals surface area contributed by atoms with Crippen LogP contribution in [0.5, 0.6) is 0 Å². The Balaban J connectivity index is 1.57. The van der Waals surface area contributed by atoms with Crippen molar-refractivity contribution >= 4 is 5.91 Å². The van der Waals surface area contributed by atoms with E-state index in [1.54, 1.807) is 0 Å². The molecule has 1 N–H and O–H groups in total. The van der Waals surface area contributed by atoms with Crippen LogP contribution in [-0.4, -0.2) is 35.1 Å². The van der Waals surface area contributed by atoms with Crippen LogP contribution in [0.15, 0.2) is 0 Å². The number of rotatable bonds is 4. The molecule has 0 aliphatic heterocycles. The van der Waals surface area contributed by atoms with Gasteiger partial charge in [-0.2, -0.15) is 0 Å². The Labute approximate surface area is 121 Å². The van der Waals surface area contributed by atoms with Crippen LogP contribution >= 0.6 is 0 Å². The van der Waals surface area contributed by atoms with Crippen molar-refractivity contribution in [2.75, 3.05) is 13.2 Å². The number of hydrogen-bond donors (Lipinski definition) is 1. The summed E-state index contributed by atoms with van der Waals surface area (Å²) in [5, 5.41) is 9.34. The van der Waals surface area contributed by atoms with Crippen molar-refractivity contribution < 1.29 is 9.90 Å². The molecule has 5 fully saturated rings. The van der Waals surface area contributed by atoms with Crippen LogP contribution in [0.1, 0.15) is 57.8 Å². The lowest BCUT2D eigenvalue weighted by Crippen LogP contribution is -2.58. The summed E-state index contributed by atoms with van der Waals surface area (Å²) in [6.07, 6.45) is 11.1. The highest BCUT2D eigenvalue weighted by Crippen LogP contribution is 2.60. The number of carbonyl (C=O) groups excluding carboxylic acids is 1. The summed E-state index contributed by atoms with van der Waals surface area (Å²) >= 11 is 0. The molecule has 0 aromatic carbocycles. The van der Waals surface area contributed by atoms with E-state index in [4.69, 9.17) is 0 Å². The molecule has 5 saturated carbocycles. The molecule has 5 aliphatic carbocycles. The van der Waals surface area contributed by atoms with Gasteiger partial charge in [-0.3, -0.25) is 4.79 Å². The standard InChI is InChI=1S/C17H27NO2/c19-5-4-18(15-2-1-3-15)16(20)17-9-12-6-13(10-17)8-14(7-12)11-17/h12-15,19H,1-11H2. The molecular weight excluding hydrogens is 250 g/mol. The number of amides is 1. The van der Waals surface area contributed by atoms with Crippen LogP contribution in [0.3, 0.4) is 0 Å². The third-order valence-electron chi connectivity index (χ3n) is 6.61. The summed E-state index contributed by atoms with van der Waals surface area (Å²) in [5.74, 6) is 2.88. The van der Waals surface area contributed by atoms with E-state index in [1.165, 1.54) is 25.7 Å². The number of nitrogens with zero attached hydrogens (tertiary/aromatic N) is 1. The number of carbonyl (C=O) groups is 1. The van der Waals surface area contributed by atoms with Gasteiger partial charge in [0.15, 0.2) is 0 Å². The van der Waals surface area contributed by atoms with Gasteiger partial charge in [-0.1, -0.05) is 0 Å². The van der Waals surface area contributed by atoms with Gasteiger partial charge < -0.3 is 10.0 Å². The monoisotopic (exact) mass is 277 g/mol. The Morgan fingerprint density at radius 3 is 2.00 bits per heavy atom. The van der Waals surface area contributed by atoms with Crippen LogP contribution in [0, 0.1) is 23.2 Å². The largest absolute Gasteiger partial charge is 0.395 e. The molecule has 0 heterocycles.